The number of hydrogen-bond acceptors (Lipinski definition) is 5. The van der Waals surface area contributed by atoms with Crippen LogP contribution in [0.2, 0.25) is 0 Å². The average molecular weight is 259 g/mol. The summed E-state index contributed by atoms with van der Waals surface area (Å²) >= 11 is 0. The number of aryl methyl sites for hydroxylation is 1. The summed E-state index contributed by atoms with van der Waals surface area (Å²) in [6.07, 6.45) is 0. The Labute approximate surface area is 111 Å². The third-order valence-electron chi connectivity index (χ3n) is 3.39. The van der Waals surface area contributed by atoms with Crippen LogP contribution in [-0.2, 0) is 4.74 Å². The molecule has 100 valence electrons. The zero-order chi connectivity index (χ0) is 13.2. The number of nitrogens with two attached hydrogens (primary N) is 1. The number of pyridine rings is 1. The SMILES string of the molecule is Cc1cc(ON)c2cc(N3CCOCC3)ccc2n1. The molecule has 0 aliphatic carbocycles. The maximum Gasteiger partial charge on any atom is 0.158 e. The van der Waals surface area contributed by atoms with E-state index in [4.69, 9.17) is 15.5 Å². The molecule has 3 rings (SSSR count). The summed E-state index contributed by atoms with van der Waals surface area (Å²) in [6, 6.07) is 8.02. The Balaban J connectivity index is 2.06. The van der Waals surface area contributed by atoms with Crippen LogP contribution in [0.15, 0.2) is 24.3 Å². The van der Waals surface area contributed by atoms with Crippen molar-refractivity contribution in [2.45, 2.75) is 6.92 Å². The standard InChI is InChI=1S/C14H17N3O2/c1-10-8-14(19-15)12-9-11(2-3-13(12)16-10)17-4-6-18-7-5-17/h2-3,8-9H,4-7,15H2,1H3. The minimum atomic E-state index is 0.664. The first-order valence-corrected chi connectivity index (χ1v) is 6.39. The highest BCUT2D eigenvalue weighted by Gasteiger charge is 2.13. The summed E-state index contributed by atoms with van der Waals surface area (Å²) in [5.41, 5.74) is 2.95. The van der Waals surface area contributed by atoms with Crippen LogP contribution in [0, 0.1) is 6.92 Å². The normalized spacial score (nSPS) is 15.8. The molecule has 0 spiro atoms. The monoisotopic (exact) mass is 259 g/mol. The van der Waals surface area contributed by atoms with Crippen molar-refractivity contribution in [3.8, 4) is 5.75 Å². The summed E-state index contributed by atoms with van der Waals surface area (Å²) in [5.74, 6) is 6.02. The maximum atomic E-state index is 5.37. The van der Waals surface area contributed by atoms with Crippen molar-refractivity contribution < 1.29 is 9.57 Å². The number of benzene rings is 1. The van der Waals surface area contributed by atoms with Crippen molar-refractivity contribution in [1.29, 1.82) is 0 Å². The lowest BCUT2D eigenvalue weighted by Gasteiger charge is -2.29. The highest BCUT2D eigenvalue weighted by molar-refractivity contribution is 5.88. The van der Waals surface area contributed by atoms with Crippen LogP contribution in [0.3, 0.4) is 0 Å². The van der Waals surface area contributed by atoms with Gasteiger partial charge in [-0.3, -0.25) is 4.98 Å². The van der Waals surface area contributed by atoms with Gasteiger partial charge in [0.15, 0.2) is 5.75 Å². The Morgan fingerprint density at radius 2 is 2.05 bits per heavy atom. The lowest BCUT2D eigenvalue weighted by Crippen LogP contribution is -2.36. The van der Waals surface area contributed by atoms with Crippen molar-refractivity contribution in [3.63, 3.8) is 0 Å². The molecule has 2 heterocycles. The van der Waals surface area contributed by atoms with Gasteiger partial charge in [0.05, 0.1) is 18.7 Å². The number of rotatable bonds is 2. The van der Waals surface area contributed by atoms with Crippen LogP contribution in [0.25, 0.3) is 10.9 Å². The van der Waals surface area contributed by atoms with E-state index in [0.717, 1.165) is 48.6 Å². The Kier molecular flexibility index (Phi) is 3.23. The second kappa shape index (κ2) is 5.03. The van der Waals surface area contributed by atoms with E-state index in [1.807, 2.05) is 19.1 Å². The predicted molar refractivity (Wildman–Crippen MR) is 74.3 cm³/mol. The van der Waals surface area contributed by atoms with Crippen molar-refractivity contribution in [2.24, 2.45) is 5.90 Å². The minimum absolute atomic E-state index is 0.664. The van der Waals surface area contributed by atoms with Gasteiger partial charge >= 0.3 is 0 Å². The molecule has 0 saturated carbocycles. The van der Waals surface area contributed by atoms with Gasteiger partial charge in [0.25, 0.3) is 0 Å². The Morgan fingerprint density at radius 1 is 1.26 bits per heavy atom. The predicted octanol–water partition coefficient (Wildman–Crippen LogP) is 1.63. The largest absolute Gasteiger partial charge is 0.411 e. The summed E-state index contributed by atoms with van der Waals surface area (Å²) in [6.45, 7) is 5.28. The number of hydrogen-bond donors (Lipinski definition) is 1. The van der Waals surface area contributed by atoms with Gasteiger partial charge in [0.1, 0.15) is 0 Å². The van der Waals surface area contributed by atoms with Crippen LogP contribution in [-0.4, -0.2) is 31.3 Å². The average Bonchev–Trinajstić information content (AvgIpc) is 2.46. The highest BCUT2D eigenvalue weighted by Crippen LogP contribution is 2.29. The Morgan fingerprint density at radius 3 is 2.79 bits per heavy atom. The van der Waals surface area contributed by atoms with Gasteiger partial charge in [-0.25, -0.2) is 0 Å². The number of morpholine rings is 1. The molecule has 1 aliphatic rings. The van der Waals surface area contributed by atoms with Crippen LogP contribution in [0.1, 0.15) is 5.69 Å². The fourth-order valence-corrected chi connectivity index (χ4v) is 2.42. The van der Waals surface area contributed by atoms with E-state index in [9.17, 15) is 0 Å². The quantitative estimate of drug-likeness (QED) is 0.831. The molecule has 1 aromatic carbocycles. The first kappa shape index (κ1) is 12.2. The smallest absolute Gasteiger partial charge is 0.158 e. The molecule has 0 unspecified atom stereocenters. The fourth-order valence-electron chi connectivity index (χ4n) is 2.42. The molecular weight excluding hydrogens is 242 g/mol. The zero-order valence-electron chi connectivity index (χ0n) is 10.9. The van der Waals surface area contributed by atoms with E-state index in [1.165, 1.54) is 0 Å². The van der Waals surface area contributed by atoms with E-state index < -0.39 is 0 Å². The molecule has 1 fully saturated rings. The lowest BCUT2D eigenvalue weighted by molar-refractivity contribution is 0.122. The third kappa shape index (κ3) is 2.34. The van der Waals surface area contributed by atoms with Crippen LogP contribution in [0.4, 0.5) is 5.69 Å². The Hall–Kier alpha value is -1.85. The minimum Gasteiger partial charge on any atom is -0.411 e. The van der Waals surface area contributed by atoms with Gasteiger partial charge in [-0.1, -0.05) is 0 Å². The topological polar surface area (TPSA) is 60.6 Å². The molecule has 0 atom stereocenters. The number of ether oxygens (including phenoxy) is 1. The summed E-state index contributed by atoms with van der Waals surface area (Å²) in [7, 11) is 0. The summed E-state index contributed by atoms with van der Waals surface area (Å²) in [4.78, 5) is 11.8. The number of fused-ring (bicyclic) bond motifs is 1. The third-order valence-corrected chi connectivity index (χ3v) is 3.39. The van der Waals surface area contributed by atoms with Gasteiger partial charge in [0.2, 0.25) is 0 Å². The second-order valence-electron chi connectivity index (χ2n) is 4.68. The van der Waals surface area contributed by atoms with Crippen LogP contribution in [0.5, 0.6) is 5.75 Å². The number of anilines is 1. The molecule has 5 heteroatoms. The van der Waals surface area contributed by atoms with E-state index in [2.05, 4.69) is 22.0 Å². The molecule has 0 amide bonds. The van der Waals surface area contributed by atoms with E-state index >= 15 is 0 Å². The number of nitrogens with zero attached hydrogens (tertiary/aromatic N) is 2. The fraction of sp³-hybridized carbons (Fsp3) is 0.357. The van der Waals surface area contributed by atoms with Gasteiger partial charge in [-0.05, 0) is 25.1 Å². The highest BCUT2D eigenvalue weighted by atomic mass is 16.6. The molecule has 1 saturated heterocycles. The molecule has 2 N–H and O–H groups in total. The zero-order valence-corrected chi connectivity index (χ0v) is 10.9. The van der Waals surface area contributed by atoms with Crippen molar-refractivity contribution in [2.75, 3.05) is 31.2 Å². The van der Waals surface area contributed by atoms with Gasteiger partial charge < -0.3 is 14.5 Å². The van der Waals surface area contributed by atoms with Crippen LogP contribution >= 0.6 is 0 Å². The Bertz CT molecular complexity index is 595. The van der Waals surface area contributed by atoms with Crippen LogP contribution < -0.4 is 15.6 Å². The molecule has 5 nitrogen and oxygen atoms in total. The molecule has 0 radical (unpaired) electrons. The van der Waals surface area contributed by atoms with Crippen molar-refractivity contribution in [3.05, 3.63) is 30.0 Å². The first-order chi connectivity index (χ1) is 9.28. The summed E-state index contributed by atoms with van der Waals surface area (Å²) in [5, 5.41) is 0.942. The second-order valence-corrected chi connectivity index (χ2v) is 4.68. The number of aromatic nitrogens is 1. The first-order valence-electron chi connectivity index (χ1n) is 6.39. The molecule has 1 aromatic heterocycles. The summed E-state index contributed by atoms with van der Waals surface area (Å²) < 4.78 is 5.37. The molecule has 2 aromatic rings. The van der Waals surface area contributed by atoms with E-state index in [-0.39, 0.29) is 0 Å². The molecule has 1 aliphatic heterocycles. The van der Waals surface area contributed by atoms with Crippen molar-refractivity contribution >= 4 is 16.6 Å². The van der Waals surface area contributed by atoms with Crippen molar-refractivity contribution in [1.82, 2.24) is 4.98 Å². The van der Waals surface area contributed by atoms with Gasteiger partial charge in [0, 0.05) is 35.9 Å². The van der Waals surface area contributed by atoms with Gasteiger partial charge in [-0.2, -0.15) is 5.90 Å². The maximum absolute atomic E-state index is 5.37. The van der Waals surface area contributed by atoms with E-state index in [0.29, 0.717) is 5.75 Å². The lowest BCUT2D eigenvalue weighted by atomic mass is 10.1. The van der Waals surface area contributed by atoms with Gasteiger partial charge in [-0.15, -0.1) is 0 Å². The van der Waals surface area contributed by atoms with E-state index in [1.54, 1.807) is 0 Å². The molecule has 19 heavy (non-hydrogen) atoms. The molecule has 0 bridgehead atoms. The molecular formula is C14H17N3O2.